The van der Waals surface area contributed by atoms with Crippen LogP contribution in [0.5, 0.6) is 0 Å². The first kappa shape index (κ1) is 11.3. The van der Waals surface area contributed by atoms with Gasteiger partial charge in [-0.05, 0) is 31.2 Å². The van der Waals surface area contributed by atoms with Crippen molar-refractivity contribution in [2.75, 3.05) is 0 Å². The van der Waals surface area contributed by atoms with Crippen LogP contribution < -0.4 is 10.7 Å². The maximum absolute atomic E-state index is 5.02. The smallest absolute Gasteiger partial charge is 0.133 e. The van der Waals surface area contributed by atoms with Crippen molar-refractivity contribution in [2.45, 2.75) is 38.6 Å². The van der Waals surface area contributed by atoms with E-state index in [4.69, 9.17) is 4.99 Å². The topological polar surface area (TPSA) is 28.1 Å². The Morgan fingerprint density at radius 2 is 2.16 bits per heavy atom. The van der Waals surface area contributed by atoms with Gasteiger partial charge in [0.15, 0.2) is 0 Å². The first-order valence-corrected chi connectivity index (χ1v) is 7.51. The number of nitrogens with one attached hydrogen (secondary N) is 1. The fourth-order valence-corrected chi connectivity index (χ4v) is 3.77. The molecule has 2 heterocycles. The SMILES string of the molecule is CCC1CCC2C=c3c([nH]c4ccccc34)=NC2C1. The number of aromatic nitrogens is 1. The minimum absolute atomic E-state index is 0.513. The molecule has 3 atom stereocenters. The lowest BCUT2D eigenvalue weighted by molar-refractivity contribution is 0.271. The van der Waals surface area contributed by atoms with Crippen LogP contribution >= 0.6 is 0 Å². The van der Waals surface area contributed by atoms with Crippen LogP contribution in [0.4, 0.5) is 0 Å². The summed E-state index contributed by atoms with van der Waals surface area (Å²) in [7, 11) is 0. The Balaban J connectivity index is 1.87. The van der Waals surface area contributed by atoms with E-state index in [9.17, 15) is 0 Å². The van der Waals surface area contributed by atoms with Crippen molar-refractivity contribution in [3.05, 3.63) is 35.0 Å². The van der Waals surface area contributed by atoms with Crippen LogP contribution in [0.2, 0.25) is 0 Å². The molecule has 0 radical (unpaired) electrons. The van der Waals surface area contributed by atoms with Crippen LogP contribution in [0, 0.1) is 11.8 Å². The fourth-order valence-electron chi connectivity index (χ4n) is 3.77. The van der Waals surface area contributed by atoms with Crippen LogP contribution in [0.15, 0.2) is 29.3 Å². The fraction of sp³-hybridized carbons (Fsp3) is 0.471. The van der Waals surface area contributed by atoms with E-state index >= 15 is 0 Å². The predicted octanol–water partition coefficient (Wildman–Crippen LogP) is 2.78. The molecule has 2 nitrogen and oxygen atoms in total. The number of H-pyrrole nitrogens is 1. The van der Waals surface area contributed by atoms with Gasteiger partial charge in [0, 0.05) is 22.0 Å². The predicted molar refractivity (Wildman–Crippen MR) is 78.5 cm³/mol. The number of hydrogen-bond acceptors (Lipinski definition) is 1. The van der Waals surface area contributed by atoms with Crippen molar-refractivity contribution >= 4 is 17.0 Å². The third-order valence-electron chi connectivity index (χ3n) is 4.96. The summed E-state index contributed by atoms with van der Waals surface area (Å²) in [6, 6.07) is 9.07. The van der Waals surface area contributed by atoms with Crippen LogP contribution in [0.3, 0.4) is 0 Å². The molecule has 0 bridgehead atoms. The number of para-hydroxylation sites is 1. The molecule has 0 saturated heterocycles. The van der Waals surface area contributed by atoms with Crippen molar-refractivity contribution in [3.63, 3.8) is 0 Å². The van der Waals surface area contributed by atoms with Gasteiger partial charge < -0.3 is 4.98 Å². The van der Waals surface area contributed by atoms with E-state index in [2.05, 4.69) is 42.2 Å². The Morgan fingerprint density at radius 1 is 1.26 bits per heavy atom. The summed E-state index contributed by atoms with van der Waals surface area (Å²) in [5.74, 6) is 1.54. The molecule has 1 aliphatic heterocycles. The van der Waals surface area contributed by atoms with Gasteiger partial charge in [0.2, 0.25) is 0 Å². The summed E-state index contributed by atoms with van der Waals surface area (Å²) in [5, 5.41) is 2.67. The third-order valence-corrected chi connectivity index (χ3v) is 4.96. The summed E-state index contributed by atoms with van der Waals surface area (Å²) in [5.41, 5.74) is 2.33. The molecule has 1 N–H and O–H groups in total. The van der Waals surface area contributed by atoms with Gasteiger partial charge in [-0.15, -0.1) is 0 Å². The van der Waals surface area contributed by atoms with E-state index in [0.717, 1.165) is 11.4 Å². The van der Waals surface area contributed by atoms with Gasteiger partial charge in [0.05, 0.1) is 6.04 Å². The minimum Gasteiger partial charge on any atom is -0.340 e. The second-order valence-corrected chi connectivity index (χ2v) is 6.05. The third kappa shape index (κ3) is 1.73. The first-order chi connectivity index (χ1) is 9.35. The first-order valence-electron chi connectivity index (χ1n) is 7.51. The Bertz CT molecular complexity index is 725. The Hall–Kier alpha value is -1.57. The molecule has 1 aliphatic carbocycles. The van der Waals surface area contributed by atoms with Crippen molar-refractivity contribution < 1.29 is 0 Å². The minimum atomic E-state index is 0.513. The van der Waals surface area contributed by atoms with E-state index in [1.807, 2.05) is 0 Å². The van der Waals surface area contributed by atoms with Crippen molar-refractivity contribution in [2.24, 2.45) is 16.8 Å². The van der Waals surface area contributed by atoms with Crippen LogP contribution in [0.1, 0.15) is 32.6 Å². The normalized spacial score (nSPS) is 29.2. The number of benzene rings is 1. The molecule has 0 amide bonds. The molecule has 1 aromatic carbocycles. The molecule has 98 valence electrons. The molecule has 2 aromatic rings. The van der Waals surface area contributed by atoms with Crippen LogP contribution in [-0.2, 0) is 0 Å². The molecule has 3 unspecified atom stereocenters. The van der Waals surface area contributed by atoms with E-state index in [1.165, 1.54) is 41.8 Å². The highest BCUT2D eigenvalue weighted by Crippen LogP contribution is 2.34. The van der Waals surface area contributed by atoms with E-state index in [0.29, 0.717) is 12.0 Å². The maximum atomic E-state index is 5.02. The number of hydrogen-bond donors (Lipinski definition) is 1. The van der Waals surface area contributed by atoms with Gasteiger partial charge in [0.1, 0.15) is 5.49 Å². The molecule has 19 heavy (non-hydrogen) atoms. The standard InChI is InChI=1S/C17H20N2/c1-2-11-7-8-12-10-14-13-5-3-4-6-15(13)18-17(14)19-16(12)9-11/h3-6,10-12,16H,2,7-9H2,1H3,(H,18,19). The lowest BCUT2D eigenvalue weighted by atomic mass is 9.76. The van der Waals surface area contributed by atoms with Crippen molar-refractivity contribution in [3.8, 4) is 0 Å². The molecule has 4 rings (SSSR count). The molecule has 2 heteroatoms. The average Bonchev–Trinajstić information content (AvgIpc) is 2.81. The molecule has 1 saturated carbocycles. The summed E-state index contributed by atoms with van der Waals surface area (Å²) in [4.78, 5) is 8.50. The highest BCUT2D eigenvalue weighted by Gasteiger charge is 2.29. The van der Waals surface area contributed by atoms with Crippen LogP contribution in [-0.4, -0.2) is 11.0 Å². The van der Waals surface area contributed by atoms with Crippen molar-refractivity contribution in [1.29, 1.82) is 0 Å². The Kier molecular flexibility index (Phi) is 2.51. The molecule has 1 aromatic heterocycles. The van der Waals surface area contributed by atoms with Crippen LogP contribution in [0.25, 0.3) is 17.0 Å². The molecular formula is C17H20N2. The number of nitrogens with zero attached hydrogens (tertiary/aromatic N) is 1. The summed E-state index contributed by atoms with van der Waals surface area (Å²) in [6.45, 7) is 2.31. The zero-order chi connectivity index (χ0) is 12.8. The van der Waals surface area contributed by atoms with Gasteiger partial charge in [-0.3, -0.25) is 4.99 Å². The Labute approximate surface area is 113 Å². The lowest BCUT2D eigenvalue weighted by Gasteiger charge is -2.33. The molecular weight excluding hydrogens is 232 g/mol. The molecule has 0 spiro atoms. The Morgan fingerprint density at radius 3 is 3.05 bits per heavy atom. The van der Waals surface area contributed by atoms with E-state index < -0.39 is 0 Å². The molecule has 2 aliphatic rings. The number of aromatic amines is 1. The quantitative estimate of drug-likeness (QED) is 0.808. The van der Waals surface area contributed by atoms with Gasteiger partial charge in [-0.1, -0.05) is 37.6 Å². The zero-order valence-corrected chi connectivity index (χ0v) is 11.4. The largest absolute Gasteiger partial charge is 0.340 e. The highest BCUT2D eigenvalue weighted by molar-refractivity contribution is 5.80. The van der Waals surface area contributed by atoms with Gasteiger partial charge in [-0.25, -0.2) is 0 Å². The van der Waals surface area contributed by atoms with Gasteiger partial charge in [-0.2, -0.15) is 0 Å². The summed E-state index contributed by atoms with van der Waals surface area (Å²) < 4.78 is 0. The average molecular weight is 252 g/mol. The summed E-state index contributed by atoms with van der Waals surface area (Å²) in [6.07, 6.45) is 7.75. The molecule has 1 fully saturated rings. The zero-order valence-electron chi connectivity index (χ0n) is 11.4. The highest BCUT2D eigenvalue weighted by atomic mass is 14.9. The van der Waals surface area contributed by atoms with Crippen molar-refractivity contribution in [1.82, 2.24) is 4.98 Å². The second-order valence-electron chi connectivity index (χ2n) is 6.05. The van der Waals surface area contributed by atoms with E-state index in [-0.39, 0.29) is 0 Å². The second kappa shape index (κ2) is 4.22. The number of rotatable bonds is 1. The lowest BCUT2D eigenvalue weighted by Crippen LogP contribution is -2.38. The maximum Gasteiger partial charge on any atom is 0.133 e. The van der Waals surface area contributed by atoms with E-state index in [1.54, 1.807) is 0 Å². The summed E-state index contributed by atoms with van der Waals surface area (Å²) >= 11 is 0. The van der Waals surface area contributed by atoms with Gasteiger partial charge in [0.25, 0.3) is 0 Å². The monoisotopic (exact) mass is 252 g/mol. The van der Waals surface area contributed by atoms with Gasteiger partial charge >= 0.3 is 0 Å². The number of fused-ring (bicyclic) bond motifs is 4.